The number of aliphatic hydroxyl groups is 1. The van der Waals surface area contributed by atoms with Gasteiger partial charge in [-0.3, -0.25) is 9.20 Å². The van der Waals surface area contributed by atoms with Gasteiger partial charge < -0.3 is 10.4 Å². The molecule has 132 valence electrons. The minimum absolute atomic E-state index is 0.00704. The van der Waals surface area contributed by atoms with Crippen LogP contribution in [0.25, 0.3) is 5.65 Å². The molecule has 2 heterocycles. The quantitative estimate of drug-likeness (QED) is 0.858. The molecule has 0 aromatic carbocycles. The van der Waals surface area contributed by atoms with Gasteiger partial charge in [0.25, 0.3) is 5.91 Å². The number of pyridine rings is 1. The maximum atomic E-state index is 13.0. The van der Waals surface area contributed by atoms with Crippen molar-refractivity contribution in [3.05, 3.63) is 34.2 Å². The monoisotopic (exact) mass is 363 g/mol. The van der Waals surface area contributed by atoms with Crippen LogP contribution < -0.4 is 5.32 Å². The minimum Gasteiger partial charge on any atom is -0.394 e. The molecule has 1 atom stereocenters. The molecule has 2 aromatic rings. The van der Waals surface area contributed by atoms with Gasteiger partial charge >= 0.3 is 6.18 Å². The summed E-state index contributed by atoms with van der Waals surface area (Å²) in [6.07, 6.45) is -2.96. The maximum absolute atomic E-state index is 13.0. The molecule has 2 aromatic heterocycles. The smallest absolute Gasteiger partial charge is 0.394 e. The number of fused-ring (bicyclic) bond motifs is 1. The number of carbonyl (C=O) groups excluding carboxylic acids is 1. The Morgan fingerprint density at radius 1 is 1.46 bits per heavy atom. The van der Waals surface area contributed by atoms with Gasteiger partial charge in [-0.1, -0.05) is 25.4 Å². The molecular formula is C15H17ClF3N3O2. The molecule has 0 fully saturated rings. The molecule has 1 unspecified atom stereocenters. The Morgan fingerprint density at radius 3 is 2.62 bits per heavy atom. The summed E-state index contributed by atoms with van der Waals surface area (Å²) in [5.74, 6) is -0.601. The van der Waals surface area contributed by atoms with Crippen LogP contribution in [0.15, 0.2) is 12.3 Å². The van der Waals surface area contributed by atoms with Crippen LogP contribution in [-0.4, -0.2) is 33.0 Å². The lowest BCUT2D eigenvalue weighted by atomic mass is 10.2. The summed E-state index contributed by atoms with van der Waals surface area (Å²) in [6, 6.07) is 0.294. The molecule has 9 heteroatoms. The van der Waals surface area contributed by atoms with Gasteiger partial charge in [-0.15, -0.1) is 0 Å². The number of alkyl halides is 3. The first-order valence-electron chi connectivity index (χ1n) is 7.42. The summed E-state index contributed by atoms with van der Waals surface area (Å²) >= 11 is 5.92. The first kappa shape index (κ1) is 18.5. The SMILES string of the molecule is CCc1nc2c(Cl)cc(C(F)(F)F)cn2c1C(=O)NC(CC)CO. The Morgan fingerprint density at radius 2 is 2.12 bits per heavy atom. The van der Waals surface area contributed by atoms with E-state index in [4.69, 9.17) is 11.6 Å². The zero-order chi connectivity index (χ0) is 18.1. The maximum Gasteiger partial charge on any atom is 0.417 e. The van der Waals surface area contributed by atoms with E-state index in [2.05, 4.69) is 10.3 Å². The van der Waals surface area contributed by atoms with Gasteiger partial charge in [-0.2, -0.15) is 13.2 Å². The third-order valence-corrected chi connectivity index (χ3v) is 3.95. The van der Waals surface area contributed by atoms with Crippen molar-refractivity contribution in [2.24, 2.45) is 0 Å². The molecule has 0 bridgehead atoms. The number of imidazole rings is 1. The molecule has 0 saturated carbocycles. The third-order valence-electron chi connectivity index (χ3n) is 3.67. The van der Waals surface area contributed by atoms with Gasteiger partial charge in [-0.25, -0.2) is 4.98 Å². The zero-order valence-electron chi connectivity index (χ0n) is 13.1. The largest absolute Gasteiger partial charge is 0.417 e. The molecule has 1 amide bonds. The van der Waals surface area contributed by atoms with Crippen molar-refractivity contribution >= 4 is 23.2 Å². The molecule has 0 spiro atoms. The van der Waals surface area contributed by atoms with Gasteiger partial charge in [0.2, 0.25) is 0 Å². The molecule has 24 heavy (non-hydrogen) atoms. The second-order valence-electron chi connectivity index (χ2n) is 5.29. The van der Waals surface area contributed by atoms with Crippen molar-refractivity contribution in [1.29, 1.82) is 0 Å². The van der Waals surface area contributed by atoms with E-state index in [-0.39, 0.29) is 23.0 Å². The fraction of sp³-hybridized carbons (Fsp3) is 0.467. The van der Waals surface area contributed by atoms with Crippen molar-refractivity contribution in [3.63, 3.8) is 0 Å². The summed E-state index contributed by atoms with van der Waals surface area (Å²) in [6.45, 7) is 3.24. The summed E-state index contributed by atoms with van der Waals surface area (Å²) < 4.78 is 40.1. The summed E-state index contributed by atoms with van der Waals surface area (Å²) in [5, 5.41) is 11.6. The highest BCUT2D eigenvalue weighted by Gasteiger charge is 2.33. The minimum atomic E-state index is -4.60. The highest BCUT2D eigenvalue weighted by atomic mass is 35.5. The molecule has 0 aliphatic carbocycles. The van der Waals surface area contributed by atoms with E-state index in [9.17, 15) is 23.1 Å². The van der Waals surface area contributed by atoms with Gasteiger partial charge in [0, 0.05) is 6.20 Å². The Labute approximate surface area is 141 Å². The fourth-order valence-corrected chi connectivity index (χ4v) is 2.57. The van der Waals surface area contributed by atoms with Crippen LogP contribution in [0.1, 0.15) is 42.0 Å². The molecule has 2 N–H and O–H groups in total. The predicted octanol–water partition coefficient (Wildman–Crippen LogP) is 3.07. The number of hydrogen-bond donors (Lipinski definition) is 2. The molecular weight excluding hydrogens is 347 g/mol. The lowest BCUT2D eigenvalue weighted by Gasteiger charge is -2.15. The van der Waals surface area contributed by atoms with E-state index in [1.54, 1.807) is 13.8 Å². The van der Waals surface area contributed by atoms with Crippen LogP contribution in [0, 0.1) is 0 Å². The standard InChI is InChI=1S/C15H17ClF3N3O2/c1-3-9(7-23)20-14(24)12-11(4-2)21-13-10(16)5-8(6-22(12)13)15(17,18)19/h5-6,9,23H,3-4,7H2,1-2H3,(H,20,24). The van der Waals surface area contributed by atoms with Crippen molar-refractivity contribution in [2.75, 3.05) is 6.61 Å². The Balaban J connectivity index is 2.62. The predicted molar refractivity (Wildman–Crippen MR) is 83.2 cm³/mol. The number of aryl methyl sites for hydroxylation is 1. The van der Waals surface area contributed by atoms with E-state index >= 15 is 0 Å². The van der Waals surface area contributed by atoms with E-state index < -0.39 is 23.7 Å². The average Bonchev–Trinajstić information content (AvgIpc) is 2.90. The van der Waals surface area contributed by atoms with Crippen LogP contribution in [-0.2, 0) is 12.6 Å². The number of nitrogens with one attached hydrogen (secondary N) is 1. The zero-order valence-corrected chi connectivity index (χ0v) is 13.9. The number of aliphatic hydroxyl groups excluding tert-OH is 1. The first-order valence-corrected chi connectivity index (χ1v) is 7.80. The van der Waals surface area contributed by atoms with E-state index in [1.165, 1.54) is 0 Å². The highest BCUT2D eigenvalue weighted by Crippen LogP contribution is 2.33. The number of rotatable bonds is 5. The average molecular weight is 364 g/mol. The Bertz CT molecular complexity index is 754. The molecule has 0 radical (unpaired) electrons. The van der Waals surface area contributed by atoms with Crippen LogP contribution in [0.3, 0.4) is 0 Å². The van der Waals surface area contributed by atoms with E-state index in [0.29, 0.717) is 18.5 Å². The normalized spacial score (nSPS) is 13.3. The number of halogens is 4. The third kappa shape index (κ3) is 3.49. The Hall–Kier alpha value is -1.80. The van der Waals surface area contributed by atoms with Crippen LogP contribution in [0.2, 0.25) is 5.02 Å². The van der Waals surface area contributed by atoms with Crippen molar-refractivity contribution in [2.45, 2.75) is 38.9 Å². The summed E-state index contributed by atoms with van der Waals surface area (Å²) in [5.41, 5.74) is -0.555. The van der Waals surface area contributed by atoms with Crippen molar-refractivity contribution < 1.29 is 23.1 Å². The van der Waals surface area contributed by atoms with Gasteiger partial charge in [0.05, 0.1) is 28.9 Å². The van der Waals surface area contributed by atoms with Crippen molar-refractivity contribution in [3.8, 4) is 0 Å². The number of carbonyl (C=O) groups is 1. The second-order valence-corrected chi connectivity index (χ2v) is 5.70. The molecule has 0 saturated heterocycles. The Kier molecular flexibility index (Phi) is 5.39. The molecule has 0 aliphatic rings. The molecule has 5 nitrogen and oxygen atoms in total. The lowest BCUT2D eigenvalue weighted by molar-refractivity contribution is -0.137. The van der Waals surface area contributed by atoms with E-state index in [0.717, 1.165) is 16.7 Å². The van der Waals surface area contributed by atoms with Gasteiger partial charge in [0.15, 0.2) is 5.65 Å². The van der Waals surface area contributed by atoms with Crippen molar-refractivity contribution in [1.82, 2.24) is 14.7 Å². The van der Waals surface area contributed by atoms with Crippen LogP contribution in [0.4, 0.5) is 13.2 Å². The topological polar surface area (TPSA) is 66.6 Å². The summed E-state index contributed by atoms with van der Waals surface area (Å²) in [4.78, 5) is 16.7. The lowest BCUT2D eigenvalue weighted by Crippen LogP contribution is -2.38. The summed E-state index contributed by atoms with van der Waals surface area (Å²) in [7, 11) is 0. The number of amides is 1. The highest BCUT2D eigenvalue weighted by molar-refractivity contribution is 6.33. The number of aromatic nitrogens is 2. The molecule has 2 rings (SSSR count). The van der Waals surface area contributed by atoms with E-state index in [1.807, 2.05) is 0 Å². The van der Waals surface area contributed by atoms with Crippen LogP contribution in [0.5, 0.6) is 0 Å². The molecule has 0 aliphatic heterocycles. The van der Waals surface area contributed by atoms with Crippen LogP contribution >= 0.6 is 11.6 Å². The van der Waals surface area contributed by atoms with Gasteiger partial charge in [0.1, 0.15) is 5.69 Å². The first-order chi connectivity index (χ1) is 11.2. The second kappa shape index (κ2) is 6.98. The number of nitrogens with zero attached hydrogens (tertiary/aromatic N) is 2. The fourth-order valence-electron chi connectivity index (χ4n) is 2.32. The number of hydrogen-bond acceptors (Lipinski definition) is 3. The van der Waals surface area contributed by atoms with Gasteiger partial charge in [-0.05, 0) is 18.9 Å².